The largest absolute Gasteiger partial charge is 1.00 e. The summed E-state index contributed by atoms with van der Waals surface area (Å²) in [4.78, 5) is 50.9. The van der Waals surface area contributed by atoms with Crippen LogP contribution in [0.5, 0.6) is 11.5 Å². The number of hydrogen-bond acceptors (Lipinski definition) is 12. The average Bonchev–Trinajstić information content (AvgIpc) is 3.12. The van der Waals surface area contributed by atoms with Gasteiger partial charge in [0.2, 0.25) is 0 Å². The van der Waals surface area contributed by atoms with Crippen molar-refractivity contribution in [1.29, 1.82) is 0 Å². The van der Waals surface area contributed by atoms with Crippen LogP contribution in [0, 0.1) is 0 Å². The molecule has 2 N–H and O–H groups in total. The fraction of sp³-hybridized carbons (Fsp3) is 0.243. The van der Waals surface area contributed by atoms with Crippen molar-refractivity contribution in [3.8, 4) is 11.5 Å². The van der Waals surface area contributed by atoms with Crippen molar-refractivity contribution in [1.82, 2.24) is 10.6 Å². The third-order valence-electron chi connectivity index (χ3n) is 7.39. The minimum absolute atomic E-state index is 0. The Labute approximate surface area is 387 Å². The molecule has 0 saturated heterocycles. The van der Waals surface area contributed by atoms with Gasteiger partial charge in [0, 0.05) is 29.9 Å². The summed E-state index contributed by atoms with van der Waals surface area (Å²) in [7, 11) is 0. The monoisotopic (exact) mass is 874 g/mol. The van der Waals surface area contributed by atoms with E-state index in [1.54, 1.807) is 123 Å². The SMILES string of the molecule is CCOC(=O)[C@H](Cc1ccc(OP(=S)([S-])CP(=S)([S-])Oc2ccc(C[C@H](NC(=O)c3ccccc3)C(=O)OCC)cc2)cc1)NC(=O)c1ccccc1.[Na+].[Na+]. The van der Waals surface area contributed by atoms with Gasteiger partial charge in [0.15, 0.2) is 0 Å². The van der Waals surface area contributed by atoms with E-state index in [-0.39, 0.29) is 103 Å². The maximum Gasteiger partial charge on any atom is 1.00 e. The molecule has 0 saturated carbocycles. The van der Waals surface area contributed by atoms with Crippen LogP contribution in [0.25, 0.3) is 0 Å². The fourth-order valence-electron chi connectivity index (χ4n) is 4.97. The Kier molecular flexibility index (Phi) is 21.9. The third-order valence-corrected chi connectivity index (χ3v) is 16.2. The van der Waals surface area contributed by atoms with Crippen LogP contribution >= 0.6 is 10.9 Å². The summed E-state index contributed by atoms with van der Waals surface area (Å²) in [5.41, 5.74) is -3.60. The van der Waals surface area contributed by atoms with Crippen molar-refractivity contribution in [3.63, 3.8) is 0 Å². The molecular formula is C37H38N2Na2O8P2S4. The molecule has 4 aromatic carbocycles. The van der Waals surface area contributed by atoms with Gasteiger partial charge in [0.25, 0.3) is 11.8 Å². The predicted octanol–water partition coefficient (Wildman–Crippen LogP) is 0.631. The fourth-order valence-corrected chi connectivity index (χ4v) is 17.5. The molecule has 0 bridgehead atoms. The Morgan fingerprint density at radius 2 is 0.909 bits per heavy atom. The predicted molar refractivity (Wildman–Crippen MR) is 218 cm³/mol. The van der Waals surface area contributed by atoms with E-state index < -0.39 is 35.0 Å². The molecule has 18 heteroatoms. The zero-order valence-electron chi connectivity index (χ0n) is 30.9. The molecule has 0 aliphatic rings. The second-order valence-corrected chi connectivity index (χ2v) is 23.9. The maximum absolute atomic E-state index is 12.8. The molecule has 0 radical (unpaired) electrons. The van der Waals surface area contributed by atoms with Gasteiger partial charge in [-0.05, 0) is 84.4 Å². The van der Waals surface area contributed by atoms with E-state index >= 15 is 0 Å². The summed E-state index contributed by atoms with van der Waals surface area (Å²) in [5, 5.41) is 5.52. The molecule has 2 amide bonds. The van der Waals surface area contributed by atoms with E-state index in [4.69, 9.17) is 66.6 Å². The minimum atomic E-state index is -2.97. The van der Waals surface area contributed by atoms with Crippen LogP contribution in [-0.2, 0) is 80.0 Å². The van der Waals surface area contributed by atoms with E-state index in [1.165, 1.54) is 0 Å². The molecule has 4 atom stereocenters. The summed E-state index contributed by atoms with van der Waals surface area (Å²) >= 11 is 22.7. The van der Waals surface area contributed by atoms with Crippen LogP contribution in [0.4, 0.5) is 0 Å². The third kappa shape index (κ3) is 17.0. The number of amides is 2. The number of rotatable bonds is 18. The second kappa shape index (κ2) is 24.3. The number of benzene rings is 4. The second-order valence-electron chi connectivity index (χ2n) is 11.5. The van der Waals surface area contributed by atoms with E-state index in [1.807, 2.05) is 0 Å². The number of carbonyl (C=O) groups is 4. The van der Waals surface area contributed by atoms with Crippen LogP contribution in [0.2, 0.25) is 0 Å². The number of ether oxygens (including phenoxy) is 2. The minimum Gasteiger partial charge on any atom is -0.706 e. The van der Waals surface area contributed by atoms with Gasteiger partial charge in [-0.25, -0.2) is 9.59 Å². The molecule has 0 aromatic heterocycles. The van der Waals surface area contributed by atoms with Gasteiger partial charge in [-0.3, -0.25) is 9.59 Å². The Morgan fingerprint density at radius 3 is 1.22 bits per heavy atom. The average molecular weight is 875 g/mol. The zero-order valence-corrected chi connectivity index (χ0v) is 39.9. The van der Waals surface area contributed by atoms with Crippen molar-refractivity contribution in [2.75, 3.05) is 19.1 Å². The standard InChI is InChI=1S/C37H40N2O8P2S4.2Na/c1-3-44-36(42)32(38-34(40)28-11-7-5-8-12-28)23-26-15-19-30(20-16-26)46-48(50,51)25-49(52,53)47-31-21-17-27(18-22-31)24-33(37(43)45-4-2)39-35(41)29-13-9-6-10-14-29;;/h5-22,32-33H,3-4,23-25H2,1-2H3,(H,38,40)(H,39,41)(H,50,51)(H,52,53);;/q;2*+1/p-2/t32-,33-;;/m0../s1. The Hall–Kier alpha value is -1.64. The first-order valence-corrected chi connectivity index (χ1v) is 24.3. The number of carbonyl (C=O) groups excluding carboxylic acids is 4. The van der Waals surface area contributed by atoms with Gasteiger partial charge in [-0.1, -0.05) is 84.3 Å². The van der Waals surface area contributed by atoms with Gasteiger partial charge in [-0.15, -0.1) is 0 Å². The van der Waals surface area contributed by atoms with Crippen LogP contribution in [0.15, 0.2) is 109 Å². The topological polar surface area (TPSA) is 129 Å². The Bertz CT molecular complexity index is 1820. The van der Waals surface area contributed by atoms with Crippen molar-refractivity contribution >= 4 is 82.8 Å². The first kappa shape index (κ1) is 49.5. The van der Waals surface area contributed by atoms with E-state index in [2.05, 4.69) is 10.6 Å². The van der Waals surface area contributed by atoms with Gasteiger partial charge >= 0.3 is 71.1 Å². The first-order chi connectivity index (χ1) is 25.3. The molecule has 0 heterocycles. The molecule has 0 aliphatic carbocycles. The molecule has 0 aliphatic heterocycles. The Balaban J connectivity index is 0.00000523. The molecule has 280 valence electrons. The zero-order chi connectivity index (χ0) is 38.4. The van der Waals surface area contributed by atoms with Crippen molar-refractivity contribution in [2.24, 2.45) is 0 Å². The molecular weight excluding hydrogens is 837 g/mol. The van der Waals surface area contributed by atoms with E-state index in [0.29, 0.717) is 22.6 Å². The smallest absolute Gasteiger partial charge is 0.706 e. The van der Waals surface area contributed by atoms with Crippen molar-refractivity contribution in [3.05, 3.63) is 131 Å². The first-order valence-electron chi connectivity index (χ1n) is 16.5. The maximum atomic E-state index is 12.8. The normalized spacial score (nSPS) is 13.7. The van der Waals surface area contributed by atoms with Crippen molar-refractivity contribution < 1.29 is 96.8 Å². The summed E-state index contributed by atoms with van der Waals surface area (Å²) in [6.45, 7) is 3.74. The molecule has 10 nitrogen and oxygen atoms in total. The summed E-state index contributed by atoms with van der Waals surface area (Å²) < 4.78 is 22.4. The quantitative estimate of drug-likeness (QED) is 0.0631. The summed E-state index contributed by atoms with van der Waals surface area (Å²) in [6, 6.07) is 29.1. The van der Waals surface area contributed by atoms with E-state index in [0.717, 1.165) is 11.1 Å². The molecule has 0 fully saturated rings. The summed E-state index contributed by atoms with van der Waals surface area (Å²) in [5.74, 6) is -1.02. The molecule has 4 rings (SSSR count). The van der Waals surface area contributed by atoms with Crippen LogP contribution in [0.1, 0.15) is 45.7 Å². The molecule has 55 heavy (non-hydrogen) atoms. The summed E-state index contributed by atoms with van der Waals surface area (Å²) in [6.07, 6.45) is 0.371. The van der Waals surface area contributed by atoms with Gasteiger partial charge < -0.3 is 53.7 Å². The number of esters is 2. The van der Waals surface area contributed by atoms with E-state index in [9.17, 15) is 19.2 Å². The molecule has 2 unspecified atom stereocenters. The van der Waals surface area contributed by atoms with Gasteiger partial charge in [0.05, 0.1) is 13.2 Å². The van der Waals surface area contributed by atoms with Crippen LogP contribution in [-0.4, -0.2) is 55.0 Å². The van der Waals surface area contributed by atoms with Crippen LogP contribution < -0.4 is 78.8 Å². The molecule has 0 spiro atoms. The van der Waals surface area contributed by atoms with Gasteiger partial charge in [0.1, 0.15) is 23.6 Å². The van der Waals surface area contributed by atoms with Crippen molar-refractivity contribution in [2.45, 2.75) is 38.8 Å². The van der Waals surface area contributed by atoms with Crippen LogP contribution in [0.3, 0.4) is 0 Å². The molecule has 4 aromatic rings. The number of nitrogens with one attached hydrogen (secondary N) is 2. The van der Waals surface area contributed by atoms with Gasteiger partial charge in [-0.2, -0.15) is 0 Å². The Morgan fingerprint density at radius 1 is 0.582 bits per heavy atom. The number of hydrogen-bond donors (Lipinski definition) is 2.